The molecule has 1 aromatic rings. The average molecular weight is 550 g/mol. The van der Waals surface area contributed by atoms with E-state index in [4.69, 9.17) is 11.6 Å². The Bertz CT molecular complexity index is 1100. The van der Waals surface area contributed by atoms with E-state index in [1.807, 2.05) is 0 Å². The smallest absolute Gasteiger partial charge is 0.250 e. The monoisotopic (exact) mass is 549 g/mol. The van der Waals surface area contributed by atoms with Gasteiger partial charge in [0.2, 0.25) is 23.6 Å². The highest BCUT2D eigenvalue weighted by Crippen LogP contribution is 2.27. The van der Waals surface area contributed by atoms with Crippen molar-refractivity contribution < 1.29 is 34.2 Å². The Kier molecular flexibility index (Phi) is 9.84. The minimum Gasteiger partial charge on any atom is -0.394 e. The Balaban J connectivity index is 2.01. The third-order valence-corrected chi connectivity index (χ3v) is 6.76. The molecule has 38 heavy (non-hydrogen) atoms. The third kappa shape index (κ3) is 6.69. The maximum atomic E-state index is 13.4. The van der Waals surface area contributed by atoms with Crippen molar-refractivity contribution in [2.45, 2.75) is 69.4 Å². The van der Waals surface area contributed by atoms with E-state index in [-0.39, 0.29) is 24.4 Å². The number of aliphatic hydroxyl groups excluding tert-OH is 2. The van der Waals surface area contributed by atoms with Crippen molar-refractivity contribution in [1.29, 1.82) is 0 Å². The molecule has 0 unspecified atom stereocenters. The molecule has 1 saturated heterocycles. The summed E-state index contributed by atoms with van der Waals surface area (Å²) in [5.74, 6) is -3.65. The van der Waals surface area contributed by atoms with Gasteiger partial charge in [0.15, 0.2) is 0 Å². The second-order valence-corrected chi connectivity index (χ2v) is 9.55. The molecule has 12 nitrogen and oxygen atoms in total. The molecule has 0 aromatic heterocycles. The van der Waals surface area contributed by atoms with Crippen molar-refractivity contribution in [3.8, 4) is 0 Å². The number of benzene rings is 1. The zero-order valence-corrected chi connectivity index (χ0v) is 21.8. The highest BCUT2D eigenvalue weighted by molar-refractivity contribution is 6.31. The van der Waals surface area contributed by atoms with Crippen LogP contribution in [0, 0.1) is 0 Å². The Morgan fingerprint density at radius 3 is 2.26 bits per heavy atom. The van der Waals surface area contributed by atoms with Crippen LogP contribution in [-0.4, -0.2) is 81.5 Å². The van der Waals surface area contributed by atoms with Crippen LogP contribution in [0.25, 0.3) is 0 Å². The number of nitrogens with zero attached hydrogens (tertiary/aromatic N) is 1. The standard InChI is InChI=1S/C25H32ClN5O7/c1-3-15-25(38)31-18(9-10-19(31)26)23(36)30-21(13(2)33)24(37)29-17(12-32)22(35)28-16(11-20(34)27-15)14-7-5-4-6-8-14/h4-8,10,13,15-18,21,32-33H,3,9,11-12H2,1-2H3,(H,27,34)(H,28,35)(H,29,37)(H,30,36)/t13-,15-,16+,17-,18-,21-/m0/s1. The molecular formula is C25H32ClN5O7. The molecule has 0 aliphatic carbocycles. The van der Waals surface area contributed by atoms with Crippen molar-refractivity contribution >= 4 is 41.1 Å². The molecule has 3 rings (SSSR count). The first-order chi connectivity index (χ1) is 18.1. The fourth-order valence-corrected chi connectivity index (χ4v) is 4.60. The number of fused-ring (bicyclic) bond motifs is 1. The molecule has 13 heteroatoms. The first-order valence-electron chi connectivity index (χ1n) is 12.3. The summed E-state index contributed by atoms with van der Waals surface area (Å²) < 4.78 is 0. The van der Waals surface area contributed by atoms with Gasteiger partial charge in [-0.15, -0.1) is 0 Å². The van der Waals surface area contributed by atoms with E-state index in [1.165, 1.54) is 13.0 Å². The molecule has 1 fully saturated rings. The van der Waals surface area contributed by atoms with Crippen LogP contribution in [0.1, 0.15) is 44.7 Å². The molecule has 5 amide bonds. The van der Waals surface area contributed by atoms with Crippen molar-refractivity contribution in [1.82, 2.24) is 26.2 Å². The summed E-state index contributed by atoms with van der Waals surface area (Å²) in [4.78, 5) is 66.6. The number of carbonyl (C=O) groups is 5. The predicted molar refractivity (Wildman–Crippen MR) is 136 cm³/mol. The van der Waals surface area contributed by atoms with Gasteiger partial charge in [-0.2, -0.15) is 0 Å². The van der Waals surface area contributed by atoms with Gasteiger partial charge in [0, 0.05) is 0 Å². The quantitative estimate of drug-likeness (QED) is 0.265. The fraction of sp³-hybridized carbons (Fsp3) is 0.480. The zero-order chi connectivity index (χ0) is 28.0. The highest BCUT2D eigenvalue weighted by atomic mass is 35.5. The van der Waals surface area contributed by atoms with Gasteiger partial charge in [-0.05, 0) is 31.4 Å². The first-order valence-corrected chi connectivity index (χ1v) is 12.7. The molecule has 0 spiro atoms. The lowest BCUT2D eigenvalue weighted by molar-refractivity contribution is -0.142. The molecule has 2 aliphatic heterocycles. The molecule has 0 bridgehead atoms. The van der Waals surface area contributed by atoms with E-state index in [2.05, 4.69) is 21.3 Å². The lowest BCUT2D eigenvalue weighted by Gasteiger charge is -2.31. The van der Waals surface area contributed by atoms with Gasteiger partial charge in [-0.25, -0.2) is 0 Å². The van der Waals surface area contributed by atoms with Crippen LogP contribution < -0.4 is 21.3 Å². The summed E-state index contributed by atoms with van der Waals surface area (Å²) >= 11 is 6.26. The lowest BCUT2D eigenvalue weighted by Crippen LogP contribution is -2.61. The minimum absolute atomic E-state index is 0.00298. The largest absolute Gasteiger partial charge is 0.394 e. The maximum Gasteiger partial charge on any atom is 0.250 e. The van der Waals surface area contributed by atoms with Gasteiger partial charge < -0.3 is 31.5 Å². The number of carbonyl (C=O) groups excluding carboxylic acids is 5. The number of amides is 5. The summed E-state index contributed by atoms with van der Waals surface area (Å²) in [5.41, 5.74) is 0.583. The van der Waals surface area contributed by atoms with E-state index >= 15 is 0 Å². The normalized spacial score (nSPS) is 28.4. The van der Waals surface area contributed by atoms with Crippen LogP contribution in [0.5, 0.6) is 0 Å². The average Bonchev–Trinajstić information content (AvgIpc) is 3.28. The van der Waals surface area contributed by atoms with E-state index in [0.29, 0.717) is 5.56 Å². The number of hydrogen-bond donors (Lipinski definition) is 6. The molecule has 1 aromatic carbocycles. The minimum atomic E-state index is -1.50. The van der Waals surface area contributed by atoms with E-state index < -0.39 is 72.5 Å². The maximum absolute atomic E-state index is 13.4. The number of halogens is 1. The van der Waals surface area contributed by atoms with Gasteiger partial charge in [0.1, 0.15) is 29.3 Å². The van der Waals surface area contributed by atoms with Gasteiger partial charge in [0.05, 0.1) is 25.2 Å². The molecular weight excluding hydrogens is 518 g/mol. The van der Waals surface area contributed by atoms with Crippen LogP contribution in [0.4, 0.5) is 0 Å². The number of aliphatic hydroxyl groups is 2. The fourth-order valence-electron chi connectivity index (χ4n) is 4.31. The third-order valence-electron chi connectivity index (χ3n) is 6.42. The molecule has 206 valence electrons. The second kappa shape index (κ2) is 12.9. The van der Waals surface area contributed by atoms with Gasteiger partial charge in [-0.3, -0.25) is 28.9 Å². The van der Waals surface area contributed by atoms with Crippen molar-refractivity contribution in [2.75, 3.05) is 6.61 Å². The van der Waals surface area contributed by atoms with Crippen LogP contribution in [0.15, 0.2) is 41.6 Å². The highest BCUT2D eigenvalue weighted by Gasteiger charge is 2.41. The molecule has 6 N–H and O–H groups in total. The van der Waals surface area contributed by atoms with Gasteiger partial charge in [0.25, 0.3) is 5.91 Å². The van der Waals surface area contributed by atoms with Gasteiger partial charge in [-0.1, -0.05) is 48.9 Å². The SMILES string of the molecule is CC[C@@H]1NC(=O)C[C@H](c2ccccc2)NC(=O)[C@H](CO)NC(=O)[C@H]([C@H](C)O)NC(=O)[C@@H]2CC=C(Cl)N2C1=O. The number of nitrogens with one attached hydrogen (secondary N) is 4. The zero-order valence-electron chi connectivity index (χ0n) is 21.0. The summed E-state index contributed by atoms with van der Waals surface area (Å²) in [5, 5.41) is 30.1. The Labute approximate surface area is 224 Å². The summed E-state index contributed by atoms with van der Waals surface area (Å²) in [6.07, 6.45) is 0.0728. The Hall–Kier alpha value is -3.48. The van der Waals surface area contributed by atoms with Gasteiger partial charge >= 0.3 is 0 Å². The van der Waals surface area contributed by atoms with Crippen LogP contribution in [-0.2, 0) is 24.0 Å². The molecule has 0 radical (unpaired) electrons. The van der Waals surface area contributed by atoms with E-state index in [9.17, 15) is 34.2 Å². The number of hydrogen-bond acceptors (Lipinski definition) is 7. The lowest BCUT2D eigenvalue weighted by atomic mass is 10.0. The van der Waals surface area contributed by atoms with Crippen LogP contribution >= 0.6 is 11.6 Å². The summed E-state index contributed by atoms with van der Waals surface area (Å²) in [7, 11) is 0. The summed E-state index contributed by atoms with van der Waals surface area (Å²) in [6, 6.07) is 2.65. The molecule has 6 atom stereocenters. The van der Waals surface area contributed by atoms with Crippen molar-refractivity contribution in [3.05, 3.63) is 47.1 Å². The predicted octanol–water partition coefficient (Wildman–Crippen LogP) is -0.834. The van der Waals surface area contributed by atoms with Crippen molar-refractivity contribution in [3.63, 3.8) is 0 Å². The molecule has 2 aliphatic rings. The van der Waals surface area contributed by atoms with Crippen molar-refractivity contribution in [2.24, 2.45) is 0 Å². The van der Waals surface area contributed by atoms with E-state index in [1.54, 1.807) is 37.3 Å². The number of rotatable bonds is 4. The Morgan fingerprint density at radius 2 is 1.66 bits per heavy atom. The molecule has 2 heterocycles. The topological polar surface area (TPSA) is 177 Å². The Morgan fingerprint density at radius 1 is 0.974 bits per heavy atom. The van der Waals surface area contributed by atoms with E-state index in [0.717, 1.165) is 4.90 Å². The molecule has 0 saturated carbocycles. The van der Waals surface area contributed by atoms with Crippen LogP contribution in [0.2, 0.25) is 0 Å². The van der Waals surface area contributed by atoms with Crippen LogP contribution in [0.3, 0.4) is 0 Å². The first kappa shape index (κ1) is 29.1. The second-order valence-electron chi connectivity index (χ2n) is 9.16. The summed E-state index contributed by atoms with van der Waals surface area (Å²) in [6.45, 7) is 2.17.